The third kappa shape index (κ3) is 4.63. The first kappa shape index (κ1) is 13.2. The maximum absolute atomic E-state index is 11.5. The molecule has 0 unspecified atom stereocenters. The molecule has 0 bridgehead atoms. The molecule has 0 radical (unpaired) electrons. The lowest BCUT2D eigenvalue weighted by molar-refractivity contribution is -0.141. The van der Waals surface area contributed by atoms with E-state index in [2.05, 4.69) is 10.3 Å². The summed E-state index contributed by atoms with van der Waals surface area (Å²) in [6.45, 7) is 1.72. The van der Waals surface area contributed by atoms with E-state index in [0.29, 0.717) is 12.8 Å². The first-order valence-corrected chi connectivity index (χ1v) is 5.55. The number of carbonyl (C=O) groups excluding carboxylic acids is 1. The Bertz CT molecular complexity index is 379. The number of rotatable bonds is 6. The van der Waals surface area contributed by atoms with Gasteiger partial charge in [-0.3, -0.25) is 9.78 Å². The normalized spacial score (nSPS) is 11.8. The van der Waals surface area contributed by atoms with Gasteiger partial charge in [0.05, 0.1) is 0 Å². The second kappa shape index (κ2) is 6.62. The van der Waals surface area contributed by atoms with Crippen molar-refractivity contribution >= 4 is 11.9 Å². The number of carboxylic acid groups (broad SMARTS) is 1. The number of aromatic nitrogens is 1. The number of aryl methyl sites for hydroxylation is 1. The van der Waals surface area contributed by atoms with E-state index in [9.17, 15) is 9.59 Å². The van der Waals surface area contributed by atoms with E-state index in [1.54, 1.807) is 19.2 Å². The average molecular weight is 236 g/mol. The van der Waals surface area contributed by atoms with Crippen molar-refractivity contribution < 1.29 is 14.7 Å². The van der Waals surface area contributed by atoms with Gasteiger partial charge in [-0.15, -0.1) is 0 Å². The molecular weight excluding hydrogens is 220 g/mol. The molecule has 0 aliphatic carbocycles. The summed E-state index contributed by atoms with van der Waals surface area (Å²) >= 11 is 0. The number of amides is 1. The lowest BCUT2D eigenvalue weighted by atomic mass is 10.2. The van der Waals surface area contributed by atoms with Crippen LogP contribution < -0.4 is 5.32 Å². The van der Waals surface area contributed by atoms with Crippen molar-refractivity contribution in [1.29, 1.82) is 0 Å². The molecule has 1 aromatic heterocycles. The van der Waals surface area contributed by atoms with Gasteiger partial charge in [-0.05, 0) is 25.0 Å². The molecule has 1 amide bonds. The standard InChI is InChI=1S/C12H16N2O3/c1-2-10(12(16)17)14-11(15)7-6-9-5-3-4-8-13-9/h3-5,8,10H,2,6-7H2,1H3,(H,14,15)(H,16,17)/t10-/m0/s1. The molecule has 1 heterocycles. The predicted octanol–water partition coefficient (Wildman–Crippen LogP) is 0.994. The largest absolute Gasteiger partial charge is 0.480 e. The highest BCUT2D eigenvalue weighted by molar-refractivity contribution is 5.83. The summed E-state index contributed by atoms with van der Waals surface area (Å²) in [5, 5.41) is 11.3. The van der Waals surface area contributed by atoms with Gasteiger partial charge < -0.3 is 10.4 Å². The number of hydrogen-bond donors (Lipinski definition) is 2. The van der Waals surface area contributed by atoms with Crippen LogP contribution in [0.5, 0.6) is 0 Å². The highest BCUT2D eigenvalue weighted by Crippen LogP contribution is 1.99. The zero-order valence-corrected chi connectivity index (χ0v) is 9.72. The topological polar surface area (TPSA) is 79.3 Å². The predicted molar refractivity (Wildman–Crippen MR) is 62.4 cm³/mol. The maximum Gasteiger partial charge on any atom is 0.326 e. The molecular formula is C12H16N2O3. The SMILES string of the molecule is CC[C@H](NC(=O)CCc1ccccn1)C(=O)O. The summed E-state index contributed by atoms with van der Waals surface area (Å²) < 4.78 is 0. The molecule has 17 heavy (non-hydrogen) atoms. The van der Waals surface area contributed by atoms with Crippen molar-refractivity contribution in [2.75, 3.05) is 0 Å². The van der Waals surface area contributed by atoms with Crippen LogP contribution >= 0.6 is 0 Å². The van der Waals surface area contributed by atoms with E-state index in [1.807, 2.05) is 12.1 Å². The third-order valence-electron chi connectivity index (χ3n) is 2.38. The fourth-order valence-electron chi connectivity index (χ4n) is 1.39. The number of pyridine rings is 1. The molecule has 0 saturated heterocycles. The molecule has 5 nitrogen and oxygen atoms in total. The van der Waals surface area contributed by atoms with E-state index < -0.39 is 12.0 Å². The Morgan fingerprint density at radius 2 is 2.24 bits per heavy atom. The first-order chi connectivity index (χ1) is 8.13. The average Bonchev–Trinajstić information content (AvgIpc) is 2.34. The van der Waals surface area contributed by atoms with Gasteiger partial charge >= 0.3 is 5.97 Å². The summed E-state index contributed by atoms with van der Waals surface area (Å²) in [4.78, 5) is 26.3. The van der Waals surface area contributed by atoms with Gasteiger partial charge in [0.1, 0.15) is 6.04 Å². The van der Waals surface area contributed by atoms with Gasteiger partial charge in [0.15, 0.2) is 0 Å². The van der Waals surface area contributed by atoms with Crippen LogP contribution in [0, 0.1) is 0 Å². The Morgan fingerprint density at radius 3 is 2.76 bits per heavy atom. The maximum atomic E-state index is 11.5. The molecule has 92 valence electrons. The number of nitrogens with one attached hydrogen (secondary N) is 1. The van der Waals surface area contributed by atoms with Crippen LogP contribution in [0.15, 0.2) is 24.4 Å². The van der Waals surface area contributed by atoms with Crippen molar-refractivity contribution in [2.24, 2.45) is 0 Å². The molecule has 0 aliphatic heterocycles. The first-order valence-electron chi connectivity index (χ1n) is 5.55. The highest BCUT2D eigenvalue weighted by Gasteiger charge is 2.17. The van der Waals surface area contributed by atoms with E-state index in [0.717, 1.165) is 5.69 Å². The number of aliphatic carboxylic acids is 1. The minimum Gasteiger partial charge on any atom is -0.480 e. The second-order valence-corrected chi connectivity index (χ2v) is 3.69. The van der Waals surface area contributed by atoms with Gasteiger partial charge in [-0.1, -0.05) is 13.0 Å². The Kier molecular flexibility index (Phi) is 5.13. The van der Waals surface area contributed by atoms with Crippen LogP contribution in [-0.4, -0.2) is 28.0 Å². The molecule has 0 fully saturated rings. The smallest absolute Gasteiger partial charge is 0.326 e. The van der Waals surface area contributed by atoms with Crippen LogP contribution in [0.4, 0.5) is 0 Å². The van der Waals surface area contributed by atoms with Gasteiger partial charge in [0.2, 0.25) is 5.91 Å². The minimum atomic E-state index is -1.00. The molecule has 0 aromatic carbocycles. The van der Waals surface area contributed by atoms with Crippen LogP contribution in [0.2, 0.25) is 0 Å². The summed E-state index contributed by atoms with van der Waals surface area (Å²) in [7, 11) is 0. The lowest BCUT2D eigenvalue weighted by Gasteiger charge is -2.11. The summed E-state index contributed by atoms with van der Waals surface area (Å²) in [6, 6.07) is 4.70. The van der Waals surface area contributed by atoms with Gasteiger partial charge in [0.25, 0.3) is 0 Å². The number of carboxylic acids is 1. The molecule has 0 aliphatic rings. The molecule has 0 saturated carbocycles. The van der Waals surface area contributed by atoms with Crippen molar-refractivity contribution in [2.45, 2.75) is 32.2 Å². The van der Waals surface area contributed by atoms with E-state index >= 15 is 0 Å². The highest BCUT2D eigenvalue weighted by atomic mass is 16.4. The van der Waals surface area contributed by atoms with Gasteiger partial charge in [-0.25, -0.2) is 4.79 Å². The fraction of sp³-hybridized carbons (Fsp3) is 0.417. The monoisotopic (exact) mass is 236 g/mol. The van der Waals surface area contributed by atoms with Crippen LogP contribution in [0.3, 0.4) is 0 Å². The Balaban J connectivity index is 2.37. The van der Waals surface area contributed by atoms with Crippen molar-refractivity contribution in [3.8, 4) is 0 Å². The number of nitrogens with zero attached hydrogens (tertiary/aromatic N) is 1. The Morgan fingerprint density at radius 1 is 1.47 bits per heavy atom. The zero-order valence-electron chi connectivity index (χ0n) is 9.72. The van der Waals surface area contributed by atoms with Crippen LogP contribution in [-0.2, 0) is 16.0 Å². The van der Waals surface area contributed by atoms with E-state index in [1.165, 1.54) is 0 Å². The summed E-state index contributed by atoms with van der Waals surface area (Å²) in [5.74, 6) is -1.26. The van der Waals surface area contributed by atoms with Crippen molar-refractivity contribution in [3.05, 3.63) is 30.1 Å². The van der Waals surface area contributed by atoms with Crippen molar-refractivity contribution in [3.63, 3.8) is 0 Å². The molecule has 1 rings (SSSR count). The number of carbonyl (C=O) groups is 2. The zero-order chi connectivity index (χ0) is 12.7. The molecule has 1 aromatic rings. The molecule has 0 spiro atoms. The molecule has 1 atom stereocenters. The fourth-order valence-corrected chi connectivity index (χ4v) is 1.39. The Hall–Kier alpha value is -1.91. The minimum absolute atomic E-state index is 0.251. The van der Waals surface area contributed by atoms with Crippen LogP contribution in [0.1, 0.15) is 25.5 Å². The summed E-state index contributed by atoms with van der Waals surface area (Å²) in [6.07, 6.45) is 2.81. The molecule has 2 N–H and O–H groups in total. The third-order valence-corrected chi connectivity index (χ3v) is 2.38. The van der Waals surface area contributed by atoms with Crippen molar-refractivity contribution in [1.82, 2.24) is 10.3 Å². The number of hydrogen-bond acceptors (Lipinski definition) is 3. The quantitative estimate of drug-likeness (QED) is 0.772. The van der Waals surface area contributed by atoms with Gasteiger partial charge in [0, 0.05) is 18.3 Å². The molecule has 5 heteroatoms. The second-order valence-electron chi connectivity index (χ2n) is 3.69. The lowest BCUT2D eigenvalue weighted by Crippen LogP contribution is -2.40. The summed E-state index contributed by atoms with van der Waals surface area (Å²) in [5.41, 5.74) is 0.825. The van der Waals surface area contributed by atoms with Crippen LogP contribution in [0.25, 0.3) is 0 Å². The van der Waals surface area contributed by atoms with E-state index in [4.69, 9.17) is 5.11 Å². The van der Waals surface area contributed by atoms with E-state index in [-0.39, 0.29) is 12.3 Å². The Labute approximate surface area is 99.9 Å². The van der Waals surface area contributed by atoms with Gasteiger partial charge in [-0.2, -0.15) is 0 Å².